The zero-order valence-corrected chi connectivity index (χ0v) is 14.9. The van der Waals surface area contributed by atoms with Gasteiger partial charge in [0.15, 0.2) is 5.16 Å². The van der Waals surface area contributed by atoms with Crippen molar-refractivity contribution in [3.63, 3.8) is 0 Å². The molecule has 3 aromatic rings. The molecule has 0 aliphatic heterocycles. The van der Waals surface area contributed by atoms with Crippen molar-refractivity contribution in [3.05, 3.63) is 35.7 Å². The fourth-order valence-corrected chi connectivity index (χ4v) is 3.57. The van der Waals surface area contributed by atoms with E-state index in [1.807, 2.05) is 54.7 Å². The molecule has 0 saturated carbocycles. The van der Waals surface area contributed by atoms with Gasteiger partial charge < -0.3 is 16.0 Å². The van der Waals surface area contributed by atoms with Crippen LogP contribution in [0, 0.1) is 0 Å². The Morgan fingerprint density at radius 3 is 2.71 bits per heavy atom. The summed E-state index contributed by atoms with van der Waals surface area (Å²) >= 11 is 2.78. The van der Waals surface area contributed by atoms with E-state index in [0.29, 0.717) is 11.0 Å². The van der Waals surface area contributed by atoms with Crippen molar-refractivity contribution < 1.29 is 4.79 Å². The van der Waals surface area contributed by atoms with Crippen LogP contribution in [0.3, 0.4) is 0 Å². The Hall–Kier alpha value is -2.32. The molecule has 6 nitrogen and oxygen atoms in total. The summed E-state index contributed by atoms with van der Waals surface area (Å²) in [5.74, 6) is 0.570. The van der Waals surface area contributed by atoms with Crippen LogP contribution in [0.15, 0.2) is 40.9 Å². The summed E-state index contributed by atoms with van der Waals surface area (Å²) in [7, 11) is 3.95. The lowest BCUT2D eigenvalue weighted by Gasteiger charge is -2.13. The number of hydrogen-bond acceptors (Lipinski definition) is 7. The van der Waals surface area contributed by atoms with Crippen LogP contribution >= 0.6 is 23.1 Å². The van der Waals surface area contributed by atoms with Gasteiger partial charge in [0.2, 0.25) is 5.91 Å². The van der Waals surface area contributed by atoms with Crippen LogP contribution < -0.4 is 16.0 Å². The number of aromatic nitrogens is 2. The molecule has 3 N–H and O–H groups in total. The number of carbonyl (C=O) groups is 1. The van der Waals surface area contributed by atoms with Crippen LogP contribution in [0.2, 0.25) is 0 Å². The Balaban J connectivity index is 1.60. The van der Waals surface area contributed by atoms with E-state index in [-0.39, 0.29) is 11.7 Å². The maximum atomic E-state index is 12.1. The highest BCUT2D eigenvalue weighted by Gasteiger charge is 2.09. The molecule has 0 radical (unpaired) electrons. The van der Waals surface area contributed by atoms with Gasteiger partial charge in [0.25, 0.3) is 0 Å². The standard InChI is InChI=1S/C16H17N5OS2/c1-21(2)11-5-3-10(4-6-11)18-13(22)9-24-16-19-14(17)12-7-8-23-15(12)20-16/h3-8H,9H2,1-2H3,(H,18,22)(H2,17,19,20). The summed E-state index contributed by atoms with van der Waals surface area (Å²) in [6.07, 6.45) is 0. The summed E-state index contributed by atoms with van der Waals surface area (Å²) in [6.45, 7) is 0. The molecule has 124 valence electrons. The molecular formula is C16H17N5OS2. The van der Waals surface area contributed by atoms with Gasteiger partial charge in [-0.2, -0.15) is 0 Å². The molecule has 0 fully saturated rings. The number of amides is 1. The second-order valence-electron chi connectivity index (χ2n) is 5.31. The monoisotopic (exact) mass is 359 g/mol. The Labute approximate surface area is 148 Å². The molecule has 2 heterocycles. The van der Waals surface area contributed by atoms with Crippen LogP contribution in [0.1, 0.15) is 0 Å². The number of nitrogen functional groups attached to an aromatic ring is 1. The van der Waals surface area contributed by atoms with Crippen molar-refractivity contribution in [3.8, 4) is 0 Å². The summed E-state index contributed by atoms with van der Waals surface area (Å²) in [4.78, 5) is 23.6. The summed E-state index contributed by atoms with van der Waals surface area (Å²) in [5, 5.41) is 6.16. The molecule has 1 amide bonds. The van der Waals surface area contributed by atoms with Gasteiger partial charge in [-0.25, -0.2) is 9.97 Å². The number of hydrogen-bond donors (Lipinski definition) is 2. The molecule has 1 aromatic carbocycles. The van der Waals surface area contributed by atoms with Crippen molar-refractivity contribution >= 4 is 56.4 Å². The molecule has 3 rings (SSSR count). The average molecular weight is 359 g/mol. The maximum absolute atomic E-state index is 12.1. The van der Waals surface area contributed by atoms with E-state index < -0.39 is 0 Å². The lowest BCUT2D eigenvalue weighted by atomic mass is 10.2. The Kier molecular flexibility index (Phi) is 4.86. The van der Waals surface area contributed by atoms with E-state index in [9.17, 15) is 4.79 Å². The average Bonchev–Trinajstić information content (AvgIpc) is 3.02. The lowest BCUT2D eigenvalue weighted by molar-refractivity contribution is -0.113. The van der Waals surface area contributed by atoms with Crippen molar-refractivity contribution in [1.29, 1.82) is 0 Å². The van der Waals surface area contributed by atoms with Crippen LogP contribution in [0.4, 0.5) is 17.2 Å². The van der Waals surface area contributed by atoms with Gasteiger partial charge in [-0.1, -0.05) is 11.8 Å². The van der Waals surface area contributed by atoms with Gasteiger partial charge in [0.1, 0.15) is 10.6 Å². The molecule has 0 spiro atoms. The van der Waals surface area contributed by atoms with E-state index in [1.54, 1.807) is 0 Å². The minimum absolute atomic E-state index is 0.106. The zero-order chi connectivity index (χ0) is 17.1. The number of rotatable bonds is 5. The molecule has 24 heavy (non-hydrogen) atoms. The van der Waals surface area contributed by atoms with Crippen molar-refractivity contribution in [1.82, 2.24) is 9.97 Å². The molecule has 0 unspecified atom stereocenters. The third kappa shape index (κ3) is 3.77. The van der Waals surface area contributed by atoms with Crippen LogP contribution in [-0.4, -0.2) is 35.7 Å². The fraction of sp³-hybridized carbons (Fsp3) is 0.188. The van der Waals surface area contributed by atoms with Gasteiger partial charge in [-0.05, 0) is 35.7 Å². The number of nitrogens with two attached hydrogens (primary N) is 1. The third-order valence-corrected chi connectivity index (χ3v) is 4.99. The quantitative estimate of drug-likeness (QED) is 0.538. The summed E-state index contributed by atoms with van der Waals surface area (Å²) in [6, 6.07) is 9.57. The second kappa shape index (κ2) is 7.06. The molecule has 0 atom stereocenters. The number of fused-ring (bicyclic) bond motifs is 1. The van der Waals surface area contributed by atoms with Crippen LogP contribution in [0.25, 0.3) is 10.2 Å². The first kappa shape index (κ1) is 16.5. The first-order chi connectivity index (χ1) is 11.5. The first-order valence-electron chi connectivity index (χ1n) is 7.23. The molecule has 8 heteroatoms. The number of nitrogens with zero attached hydrogens (tertiary/aromatic N) is 3. The van der Waals surface area contributed by atoms with E-state index in [2.05, 4.69) is 15.3 Å². The Bertz CT molecular complexity index is 861. The number of anilines is 3. The topological polar surface area (TPSA) is 84.1 Å². The first-order valence-corrected chi connectivity index (χ1v) is 9.10. The SMILES string of the molecule is CN(C)c1ccc(NC(=O)CSc2nc(N)c3ccsc3n2)cc1. The number of thiophene rings is 1. The van der Waals surface area contributed by atoms with Crippen molar-refractivity contribution in [2.75, 3.05) is 35.8 Å². The molecular weight excluding hydrogens is 342 g/mol. The highest BCUT2D eigenvalue weighted by molar-refractivity contribution is 7.99. The van der Waals surface area contributed by atoms with Crippen molar-refractivity contribution in [2.24, 2.45) is 0 Å². The fourth-order valence-electron chi connectivity index (χ4n) is 2.09. The molecule has 2 aromatic heterocycles. The number of benzene rings is 1. The van der Waals surface area contributed by atoms with Gasteiger partial charge in [-0.15, -0.1) is 11.3 Å². The van der Waals surface area contributed by atoms with Gasteiger partial charge in [0, 0.05) is 25.5 Å². The predicted octanol–water partition coefficient (Wildman–Crippen LogP) is 3.07. The minimum atomic E-state index is -0.106. The summed E-state index contributed by atoms with van der Waals surface area (Å²) in [5.41, 5.74) is 7.75. The maximum Gasteiger partial charge on any atom is 0.234 e. The minimum Gasteiger partial charge on any atom is -0.383 e. The molecule has 0 aliphatic carbocycles. The second-order valence-corrected chi connectivity index (χ2v) is 7.15. The van der Waals surface area contributed by atoms with Crippen molar-refractivity contribution in [2.45, 2.75) is 5.16 Å². The highest BCUT2D eigenvalue weighted by Crippen LogP contribution is 2.26. The Morgan fingerprint density at radius 2 is 2.00 bits per heavy atom. The zero-order valence-electron chi connectivity index (χ0n) is 13.3. The van der Waals surface area contributed by atoms with Crippen LogP contribution in [-0.2, 0) is 4.79 Å². The van der Waals surface area contributed by atoms with Gasteiger partial charge in [0.05, 0.1) is 11.1 Å². The van der Waals surface area contributed by atoms with Gasteiger partial charge >= 0.3 is 0 Å². The molecule has 0 aliphatic rings. The largest absolute Gasteiger partial charge is 0.383 e. The smallest absolute Gasteiger partial charge is 0.234 e. The third-order valence-electron chi connectivity index (χ3n) is 3.33. The van der Waals surface area contributed by atoms with E-state index >= 15 is 0 Å². The van der Waals surface area contributed by atoms with E-state index in [1.165, 1.54) is 23.1 Å². The Morgan fingerprint density at radius 1 is 1.25 bits per heavy atom. The summed E-state index contributed by atoms with van der Waals surface area (Å²) < 4.78 is 0. The number of thioether (sulfide) groups is 1. The van der Waals surface area contributed by atoms with Gasteiger partial charge in [-0.3, -0.25) is 4.79 Å². The van der Waals surface area contributed by atoms with Crippen LogP contribution in [0.5, 0.6) is 0 Å². The number of nitrogens with one attached hydrogen (secondary N) is 1. The lowest BCUT2D eigenvalue weighted by Crippen LogP contribution is -2.14. The highest BCUT2D eigenvalue weighted by atomic mass is 32.2. The number of carbonyl (C=O) groups excluding carboxylic acids is 1. The normalized spacial score (nSPS) is 10.8. The molecule has 0 saturated heterocycles. The van der Waals surface area contributed by atoms with E-state index in [4.69, 9.17) is 5.73 Å². The predicted molar refractivity (Wildman–Crippen MR) is 102 cm³/mol. The molecule has 0 bridgehead atoms. The van der Waals surface area contributed by atoms with E-state index in [0.717, 1.165) is 21.6 Å².